The van der Waals surface area contributed by atoms with Gasteiger partial charge >= 0.3 is 0 Å². The molecule has 7 heteroatoms. The third-order valence-electron chi connectivity index (χ3n) is 3.54. The molecule has 0 bridgehead atoms. The van der Waals surface area contributed by atoms with E-state index in [2.05, 4.69) is 15.6 Å². The maximum absolute atomic E-state index is 12.1. The summed E-state index contributed by atoms with van der Waals surface area (Å²) in [5.74, 6) is -0.462. The molecule has 3 rings (SSSR count). The molecule has 2 amide bonds. The maximum atomic E-state index is 12.1. The van der Waals surface area contributed by atoms with Crippen LogP contribution in [0.1, 0.15) is 12.0 Å². The summed E-state index contributed by atoms with van der Waals surface area (Å²) in [5, 5.41) is 5.97. The number of carbonyl (C=O) groups is 2. The molecule has 1 atom stereocenters. The molecule has 2 aromatic carbocycles. The minimum absolute atomic E-state index is 0.0616. The van der Waals surface area contributed by atoms with E-state index < -0.39 is 5.25 Å². The fraction of sp³-hybridized carbons (Fsp3) is 0.167. The first-order chi connectivity index (χ1) is 12.1. The van der Waals surface area contributed by atoms with Crippen LogP contribution in [0.4, 0.5) is 5.69 Å². The molecule has 128 valence electrons. The first-order valence-corrected chi connectivity index (χ1v) is 8.98. The van der Waals surface area contributed by atoms with Crippen LogP contribution in [0, 0.1) is 0 Å². The smallest absolute Gasteiger partial charge is 0.240 e. The van der Waals surface area contributed by atoms with Gasteiger partial charge in [-0.25, -0.2) is 0 Å². The summed E-state index contributed by atoms with van der Waals surface area (Å²) in [7, 11) is 0. The van der Waals surface area contributed by atoms with Crippen molar-refractivity contribution in [1.29, 1.82) is 0 Å². The lowest BCUT2D eigenvalue weighted by Gasteiger charge is -2.08. The highest BCUT2D eigenvalue weighted by Gasteiger charge is 2.32. The number of amidine groups is 1. The number of amides is 2. The molecule has 2 N–H and O–H groups in total. The number of para-hydroxylation sites is 1. The summed E-state index contributed by atoms with van der Waals surface area (Å²) in [6.07, 6.45) is 0.0616. The number of nitrogens with zero attached hydrogens (tertiary/aromatic N) is 1. The molecule has 1 fully saturated rings. The third-order valence-corrected chi connectivity index (χ3v) is 4.99. The first kappa shape index (κ1) is 17.5. The lowest BCUT2D eigenvalue weighted by atomic mass is 10.2. The number of aliphatic imine (C=N–C) groups is 1. The number of thioether (sulfide) groups is 1. The number of benzene rings is 2. The van der Waals surface area contributed by atoms with Gasteiger partial charge in [0.05, 0.1) is 17.3 Å². The molecule has 5 nitrogen and oxygen atoms in total. The van der Waals surface area contributed by atoms with Gasteiger partial charge in [0.2, 0.25) is 11.8 Å². The predicted molar refractivity (Wildman–Crippen MR) is 102 cm³/mol. The largest absolute Gasteiger partial charge is 0.325 e. The van der Waals surface area contributed by atoms with Gasteiger partial charge in [-0.3, -0.25) is 14.6 Å². The van der Waals surface area contributed by atoms with Gasteiger partial charge in [-0.05, 0) is 17.7 Å². The highest BCUT2D eigenvalue weighted by molar-refractivity contribution is 8.15. The number of halogens is 1. The highest BCUT2D eigenvalue weighted by atomic mass is 35.5. The first-order valence-electron chi connectivity index (χ1n) is 7.72. The summed E-state index contributed by atoms with van der Waals surface area (Å²) >= 11 is 7.29. The second-order valence-corrected chi connectivity index (χ2v) is 7.03. The fourth-order valence-electron chi connectivity index (χ4n) is 2.29. The van der Waals surface area contributed by atoms with Crippen LogP contribution in [0.5, 0.6) is 0 Å². The van der Waals surface area contributed by atoms with Gasteiger partial charge < -0.3 is 10.6 Å². The molecule has 0 unspecified atom stereocenters. The molecule has 0 radical (unpaired) electrons. The van der Waals surface area contributed by atoms with Crippen LogP contribution in [0.25, 0.3) is 0 Å². The van der Waals surface area contributed by atoms with Gasteiger partial charge in [-0.2, -0.15) is 0 Å². The summed E-state index contributed by atoms with van der Waals surface area (Å²) in [6, 6.07) is 16.8. The van der Waals surface area contributed by atoms with E-state index in [0.29, 0.717) is 22.4 Å². The van der Waals surface area contributed by atoms with Gasteiger partial charge in [-0.1, -0.05) is 65.8 Å². The molecule has 1 aliphatic heterocycles. The second-order valence-electron chi connectivity index (χ2n) is 5.43. The summed E-state index contributed by atoms with van der Waals surface area (Å²) in [5.41, 5.74) is 1.60. The Morgan fingerprint density at radius 3 is 2.64 bits per heavy atom. The lowest BCUT2D eigenvalue weighted by Crippen LogP contribution is -2.28. The molecule has 0 saturated carbocycles. The van der Waals surface area contributed by atoms with E-state index in [4.69, 9.17) is 11.6 Å². The topological polar surface area (TPSA) is 70.6 Å². The Bertz CT molecular complexity index is 811. The Labute approximate surface area is 154 Å². The number of hydrogen-bond donors (Lipinski definition) is 2. The van der Waals surface area contributed by atoms with Gasteiger partial charge in [0.1, 0.15) is 5.25 Å². The van der Waals surface area contributed by atoms with E-state index in [1.165, 1.54) is 11.8 Å². The zero-order valence-corrected chi connectivity index (χ0v) is 14.8. The van der Waals surface area contributed by atoms with Crippen LogP contribution in [-0.4, -0.2) is 22.2 Å². The molecule has 2 aromatic rings. The van der Waals surface area contributed by atoms with Crippen molar-refractivity contribution in [1.82, 2.24) is 5.32 Å². The van der Waals surface area contributed by atoms with Crippen LogP contribution in [0.3, 0.4) is 0 Å². The Morgan fingerprint density at radius 1 is 1.16 bits per heavy atom. The van der Waals surface area contributed by atoms with Crippen molar-refractivity contribution in [2.75, 3.05) is 5.32 Å². The van der Waals surface area contributed by atoms with Gasteiger partial charge in [-0.15, -0.1) is 0 Å². The van der Waals surface area contributed by atoms with Gasteiger partial charge in [0.15, 0.2) is 5.17 Å². The molecule has 1 aliphatic rings. The van der Waals surface area contributed by atoms with E-state index in [-0.39, 0.29) is 18.2 Å². The quantitative estimate of drug-likeness (QED) is 0.843. The van der Waals surface area contributed by atoms with E-state index in [1.54, 1.807) is 24.3 Å². The van der Waals surface area contributed by atoms with Crippen LogP contribution >= 0.6 is 23.4 Å². The van der Waals surface area contributed by atoms with Gasteiger partial charge in [0, 0.05) is 6.42 Å². The van der Waals surface area contributed by atoms with Crippen LogP contribution < -0.4 is 10.6 Å². The molecule has 0 spiro atoms. The van der Waals surface area contributed by atoms with E-state index in [1.807, 2.05) is 30.3 Å². The van der Waals surface area contributed by atoms with Crippen LogP contribution in [-0.2, 0) is 16.1 Å². The van der Waals surface area contributed by atoms with Crippen molar-refractivity contribution in [3.05, 3.63) is 65.2 Å². The maximum Gasteiger partial charge on any atom is 0.240 e. The molecular formula is C18H16ClN3O2S. The average Bonchev–Trinajstić information content (AvgIpc) is 2.96. The zero-order chi connectivity index (χ0) is 17.6. The Morgan fingerprint density at radius 2 is 1.88 bits per heavy atom. The molecule has 0 aliphatic carbocycles. The number of carbonyl (C=O) groups excluding carboxylic acids is 2. The van der Waals surface area contributed by atoms with E-state index >= 15 is 0 Å². The standard InChI is InChI=1S/C18H16ClN3O2S/c19-13-8-4-5-9-14(13)21-16(23)10-15-17(24)22-18(25-15)20-11-12-6-2-1-3-7-12/h1-9,15H,10-11H2,(H,21,23)(H,20,22,24)/t15-/m1/s1. The molecule has 0 aromatic heterocycles. The second kappa shape index (κ2) is 8.18. The van der Waals surface area contributed by atoms with E-state index in [9.17, 15) is 9.59 Å². The predicted octanol–water partition coefficient (Wildman–Crippen LogP) is 3.46. The van der Waals surface area contributed by atoms with Crippen LogP contribution in [0.2, 0.25) is 5.02 Å². The van der Waals surface area contributed by atoms with E-state index in [0.717, 1.165) is 5.56 Å². The Hall–Kier alpha value is -2.31. The third kappa shape index (κ3) is 4.84. The molecular weight excluding hydrogens is 358 g/mol. The van der Waals surface area contributed by atoms with Crippen molar-refractivity contribution in [2.24, 2.45) is 4.99 Å². The lowest BCUT2D eigenvalue weighted by molar-refractivity contribution is -0.122. The number of anilines is 1. The SMILES string of the molecule is O=C(C[C@H]1SC(=NCc2ccccc2)NC1=O)Nc1ccccc1Cl. The summed E-state index contributed by atoms with van der Waals surface area (Å²) in [6.45, 7) is 0.488. The Kier molecular flexibility index (Phi) is 5.73. The summed E-state index contributed by atoms with van der Waals surface area (Å²) < 4.78 is 0. The number of rotatable bonds is 5. The number of nitrogens with one attached hydrogen (secondary N) is 2. The summed E-state index contributed by atoms with van der Waals surface area (Å²) in [4.78, 5) is 28.6. The zero-order valence-electron chi connectivity index (χ0n) is 13.2. The van der Waals surface area contributed by atoms with Crippen LogP contribution in [0.15, 0.2) is 59.6 Å². The fourth-order valence-corrected chi connectivity index (χ4v) is 3.45. The minimum atomic E-state index is -0.489. The normalized spacial score (nSPS) is 18.2. The van der Waals surface area contributed by atoms with Crippen molar-refractivity contribution < 1.29 is 9.59 Å². The average molecular weight is 374 g/mol. The number of hydrogen-bond acceptors (Lipinski definition) is 4. The molecule has 1 heterocycles. The molecule has 1 saturated heterocycles. The van der Waals surface area contributed by atoms with Crippen molar-refractivity contribution >= 4 is 46.0 Å². The van der Waals surface area contributed by atoms with Crippen molar-refractivity contribution in [3.8, 4) is 0 Å². The highest BCUT2D eigenvalue weighted by Crippen LogP contribution is 2.25. The van der Waals surface area contributed by atoms with Crippen molar-refractivity contribution in [2.45, 2.75) is 18.2 Å². The van der Waals surface area contributed by atoms with Gasteiger partial charge in [0.25, 0.3) is 0 Å². The Balaban J connectivity index is 1.56. The monoisotopic (exact) mass is 373 g/mol. The minimum Gasteiger partial charge on any atom is -0.325 e. The molecule has 25 heavy (non-hydrogen) atoms. The van der Waals surface area contributed by atoms with Crippen molar-refractivity contribution in [3.63, 3.8) is 0 Å².